The van der Waals surface area contributed by atoms with E-state index >= 15 is 0 Å². The highest BCUT2D eigenvalue weighted by atomic mass is 16.3. The van der Waals surface area contributed by atoms with Gasteiger partial charge in [-0.05, 0) is 45.1 Å². The Kier molecular flexibility index (Phi) is 3.35. The van der Waals surface area contributed by atoms with Gasteiger partial charge in [0.25, 0.3) is 0 Å². The van der Waals surface area contributed by atoms with Crippen molar-refractivity contribution in [3.8, 4) is 0 Å². The zero-order valence-corrected chi connectivity index (χ0v) is 12.2. The molecule has 0 radical (unpaired) electrons. The van der Waals surface area contributed by atoms with Crippen LogP contribution >= 0.6 is 0 Å². The van der Waals surface area contributed by atoms with Crippen LogP contribution in [0.5, 0.6) is 0 Å². The van der Waals surface area contributed by atoms with Crippen molar-refractivity contribution in [3.63, 3.8) is 0 Å². The number of aryl methyl sites for hydroxylation is 1. The lowest BCUT2D eigenvalue weighted by Crippen LogP contribution is -2.38. The molecule has 0 spiro atoms. The molecule has 0 aromatic carbocycles. The molecule has 0 aliphatic carbocycles. The summed E-state index contributed by atoms with van der Waals surface area (Å²) in [7, 11) is 4.12. The Balaban J connectivity index is 2.02. The number of likely N-dealkylation sites (N-methyl/N-ethyl adjacent to an activating group) is 1. The first-order valence-electron chi connectivity index (χ1n) is 6.94. The number of fused-ring (bicyclic) bond motifs is 1. The summed E-state index contributed by atoms with van der Waals surface area (Å²) < 4.78 is 1.85. The van der Waals surface area contributed by atoms with Crippen LogP contribution in [-0.4, -0.2) is 63.9 Å². The topological polar surface area (TPSA) is 56.9 Å². The molecule has 1 aliphatic heterocycles. The molecule has 20 heavy (non-hydrogen) atoms. The maximum atomic E-state index is 10.0. The van der Waals surface area contributed by atoms with Crippen LogP contribution in [0, 0.1) is 6.92 Å². The first kappa shape index (κ1) is 13.3. The van der Waals surface area contributed by atoms with Gasteiger partial charge < -0.3 is 14.9 Å². The van der Waals surface area contributed by atoms with E-state index in [2.05, 4.69) is 47.0 Å². The van der Waals surface area contributed by atoms with Gasteiger partial charge in [0.15, 0.2) is 5.65 Å². The molecule has 2 unspecified atom stereocenters. The number of aliphatic hydroxyl groups excluding tert-OH is 1. The van der Waals surface area contributed by atoms with Crippen LogP contribution in [0.25, 0.3) is 5.65 Å². The molecule has 3 heterocycles. The summed E-state index contributed by atoms with van der Waals surface area (Å²) >= 11 is 0. The molecule has 2 atom stereocenters. The zero-order chi connectivity index (χ0) is 14.3. The first-order chi connectivity index (χ1) is 9.54. The fourth-order valence-corrected chi connectivity index (χ4v) is 3.01. The van der Waals surface area contributed by atoms with E-state index in [9.17, 15) is 5.11 Å². The van der Waals surface area contributed by atoms with Crippen molar-refractivity contribution in [2.45, 2.75) is 25.5 Å². The van der Waals surface area contributed by atoms with Crippen molar-refractivity contribution in [3.05, 3.63) is 24.0 Å². The van der Waals surface area contributed by atoms with Crippen molar-refractivity contribution >= 4 is 11.5 Å². The van der Waals surface area contributed by atoms with Gasteiger partial charge >= 0.3 is 0 Å². The van der Waals surface area contributed by atoms with Gasteiger partial charge in [0.2, 0.25) is 0 Å². The molecule has 0 saturated carbocycles. The molecular weight excluding hydrogens is 254 g/mol. The second-order valence-electron chi connectivity index (χ2n) is 5.88. The lowest BCUT2D eigenvalue weighted by Gasteiger charge is -2.28. The van der Waals surface area contributed by atoms with Gasteiger partial charge in [0.05, 0.1) is 6.10 Å². The third-order valence-electron chi connectivity index (χ3n) is 3.77. The standard InChI is InChI=1S/C14H21N5O/c1-10-4-13-15-9-16-19(13)14(5-10)18-8-12(20)6-11(18)7-17(2)3/h4-5,9,11-12,20H,6-8H2,1-3H3. The summed E-state index contributed by atoms with van der Waals surface area (Å²) in [5, 5.41) is 14.3. The van der Waals surface area contributed by atoms with E-state index in [0.717, 1.165) is 30.0 Å². The minimum atomic E-state index is -0.279. The molecule has 3 rings (SSSR count). The summed E-state index contributed by atoms with van der Waals surface area (Å²) in [4.78, 5) is 8.68. The van der Waals surface area contributed by atoms with Crippen LogP contribution in [0.3, 0.4) is 0 Å². The Bertz CT molecular complexity index is 609. The van der Waals surface area contributed by atoms with Crippen LogP contribution < -0.4 is 4.90 Å². The van der Waals surface area contributed by atoms with E-state index in [0.29, 0.717) is 12.6 Å². The second-order valence-corrected chi connectivity index (χ2v) is 5.88. The van der Waals surface area contributed by atoms with Crippen LogP contribution in [0.4, 0.5) is 5.82 Å². The Morgan fingerprint density at radius 3 is 2.95 bits per heavy atom. The molecule has 2 aromatic heterocycles. The number of hydrogen-bond donors (Lipinski definition) is 1. The summed E-state index contributed by atoms with van der Waals surface area (Å²) in [5.74, 6) is 1.01. The van der Waals surface area contributed by atoms with E-state index in [1.807, 2.05) is 10.6 Å². The van der Waals surface area contributed by atoms with Crippen molar-refractivity contribution in [1.82, 2.24) is 19.5 Å². The highest BCUT2D eigenvalue weighted by Crippen LogP contribution is 2.27. The van der Waals surface area contributed by atoms with Crippen molar-refractivity contribution in [2.24, 2.45) is 0 Å². The van der Waals surface area contributed by atoms with E-state index in [1.54, 1.807) is 6.33 Å². The minimum absolute atomic E-state index is 0.279. The third-order valence-corrected chi connectivity index (χ3v) is 3.77. The predicted octanol–water partition coefficient (Wildman–Crippen LogP) is 0.539. The SMILES string of the molecule is Cc1cc(N2CC(O)CC2CN(C)C)n2ncnc2c1. The van der Waals surface area contributed by atoms with E-state index in [4.69, 9.17) is 0 Å². The molecule has 2 aromatic rings. The molecule has 6 nitrogen and oxygen atoms in total. The summed E-state index contributed by atoms with van der Waals surface area (Å²) in [6.07, 6.45) is 2.09. The quantitative estimate of drug-likeness (QED) is 0.886. The monoisotopic (exact) mass is 275 g/mol. The van der Waals surface area contributed by atoms with Crippen molar-refractivity contribution < 1.29 is 5.11 Å². The maximum absolute atomic E-state index is 10.0. The fourth-order valence-electron chi connectivity index (χ4n) is 3.01. The largest absolute Gasteiger partial charge is 0.391 e. The van der Waals surface area contributed by atoms with Crippen LogP contribution in [0.2, 0.25) is 0 Å². The first-order valence-corrected chi connectivity index (χ1v) is 6.94. The van der Waals surface area contributed by atoms with Crippen molar-refractivity contribution in [1.29, 1.82) is 0 Å². The average Bonchev–Trinajstić information content (AvgIpc) is 2.94. The third kappa shape index (κ3) is 2.36. The van der Waals surface area contributed by atoms with Gasteiger partial charge in [-0.1, -0.05) is 0 Å². The normalized spacial score (nSPS) is 23.1. The summed E-state index contributed by atoms with van der Waals surface area (Å²) in [6.45, 7) is 3.63. The number of nitrogens with zero attached hydrogens (tertiary/aromatic N) is 5. The van der Waals surface area contributed by atoms with Gasteiger partial charge in [-0.3, -0.25) is 0 Å². The van der Waals surface area contributed by atoms with Gasteiger partial charge in [-0.2, -0.15) is 9.61 Å². The molecule has 0 amide bonds. The molecule has 0 bridgehead atoms. The van der Waals surface area contributed by atoms with Gasteiger partial charge in [0.1, 0.15) is 12.1 Å². The van der Waals surface area contributed by atoms with E-state index in [-0.39, 0.29) is 6.10 Å². The van der Waals surface area contributed by atoms with Crippen LogP contribution in [0.1, 0.15) is 12.0 Å². The Morgan fingerprint density at radius 2 is 2.20 bits per heavy atom. The molecule has 6 heteroatoms. The minimum Gasteiger partial charge on any atom is -0.391 e. The number of β-amino-alcohol motifs (C(OH)–C–C–N with tert-alkyl or cyclic N) is 1. The number of pyridine rings is 1. The van der Waals surface area contributed by atoms with E-state index in [1.165, 1.54) is 0 Å². The average molecular weight is 275 g/mol. The van der Waals surface area contributed by atoms with Gasteiger partial charge in [-0.25, -0.2) is 4.98 Å². The molecule has 1 fully saturated rings. The van der Waals surface area contributed by atoms with Gasteiger partial charge in [-0.15, -0.1) is 0 Å². The van der Waals surface area contributed by atoms with E-state index < -0.39 is 0 Å². The van der Waals surface area contributed by atoms with Crippen LogP contribution in [0.15, 0.2) is 18.5 Å². The lowest BCUT2D eigenvalue weighted by atomic mass is 10.2. The molecule has 1 saturated heterocycles. The van der Waals surface area contributed by atoms with Gasteiger partial charge in [0, 0.05) is 19.1 Å². The summed E-state index contributed by atoms with van der Waals surface area (Å²) in [5.41, 5.74) is 2.01. The number of aliphatic hydroxyl groups is 1. The Hall–Kier alpha value is -1.66. The number of hydrogen-bond acceptors (Lipinski definition) is 5. The molecule has 1 aliphatic rings. The molecular formula is C14H21N5O. The number of rotatable bonds is 3. The zero-order valence-electron chi connectivity index (χ0n) is 12.2. The number of anilines is 1. The summed E-state index contributed by atoms with van der Waals surface area (Å²) in [6, 6.07) is 4.43. The van der Waals surface area contributed by atoms with Crippen molar-refractivity contribution in [2.75, 3.05) is 32.1 Å². The smallest absolute Gasteiger partial charge is 0.157 e. The second kappa shape index (κ2) is 5.03. The number of aromatic nitrogens is 3. The Labute approximate surface area is 118 Å². The predicted molar refractivity (Wildman–Crippen MR) is 78.0 cm³/mol. The lowest BCUT2D eigenvalue weighted by molar-refractivity contribution is 0.191. The molecule has 108 valence electrons. The highest BCUT2D eigenvalue weighted by Gasteiger charge is 2.32. The maximum Gasteiger partial charge on any atom is 0.157 e. The fraction of sp³-hybridized carbons (Fsp3) is 0.571. The van der Waals surface area contributed by atoms with Crippen LogP contribution in [-0.2, 0) is 0 Å². The Morgan fingerprint density at radius 1 is 1.40 bits per heavy atom. The highest BCUT2D eigenvalue weighted by molar-refractivity contribution is 5.54. The molecule has 1 N–H and O–H groups in total.